The summed E-state index contributed by atoms with van der Waals surface area (Å²) in [5, 5.41) is 0. The lowest BCUT2D eigenvalue weighted by Crippen LogP contribution is -1.97. The van der Waals surface area contributed by atoms with Gasteiger partial charge in [0.15, 0.2) is 0 Å². The average Bonchev–Trinajstić information content (AvgIpc) is 2.76. The first-order chi connectivity index (χ1) is 8.33. The van der Waals surface area contributed by atoms with Crippen molar-refractivity contribution in [3.8, 4) is 16.2 Å². The number of hydrogen-bond donors (Lipinski definition) is 0. The molecule has 0 saturated heterocycles. The summed E-state index contributed by atoms with van der Waals surface area (Å²) in [6, 6.07) is 8.19. The van der Waals surface area contributed by atoms with Crippen molar-refractivity contribution in [2.45, 2.75) is 26.7 Å². The standard InChI is InChI=1S/C14H17NOS/c1-3-4-9-16-13-8-6-5-7-12(13)14-11(2)10-15-17-14/h5-8,10H,3-4,9H2,1-2H3. The van der Waals surface area contributed by atoms with Crippen LogP contribution in [0.4, 0.5) is 0 Å². The van der Waals surface area contributed by atoms with Crippen molar-refractivity contribution in [3.05, 3.63) is 36.0 Å². The fraction of sp³-hybridized carbons (Fsp3) is 0.357. The van der Waals surface area contributed by atoms with Gasteiger partial charge in [-0.05, 0) is 42.6 Å². The van der Waals surface area contributed by atoms with Crippen molar-refractivity contribution in [1.29, 1.82) is 0 Å². The van der Waals surface area contributed by atoms with E-state index >= 15 is 0 Å². The summed E-state index contributed by atoms with van der Waals surface area (Å²) in [6.45, 7) is 5.04. The van der Waals surface area contributed by atoms with Gasteiger partial charge < -0.3 is 4.74 Å². The second-order valence-corrected chi connectivity index (χ2v) is 4.84. The third-order valence-electron chi connectivity index (χ3n) is 2.64. The fourth-order valence-corrected chi connectivity index (χ4v) is 2.44. The highest BCUT2D eigenvalue weighted by atomic mass is 32.1. The van der Waals surface area contributed by atoms with E-state index in [0.717, 1.165) is 30.8 Å². The molecule has 2 nitrogen and oxygen atoms in total. The van der Waals surface area contributed by atoms with Gasteiger partial charge in [0, 0.05) is 11.8 Å². The highest BCUT2D eigenvalue weighted by molar-refractivity contribution is 7.09. The number of rotatable bonds is 5. The smallest absolute Gasteiger partial charge is 0.127 e. The number of para-hydroxylation sites is 1. The first kappa shape index (κ1) is 12.1. The predicted octanol–water partition coefficient (Wildman–Crippen LogP) is 4.30. The lowest BCUT2D eigenvalue weighted by Gasteiger charge is -2.10. The minimum Gasteiger partial charge on any atom is -0.493 e. The molecule has 0 bridgehead atoms. The molecule has 1 aromatic heterocycles. The number of aromatic nitrogens is 1. The Morgan fingerprint density at radius 2 is 2.12 bits per heavy atom. The van der Waals surface area contributed by atoms with Gasteiger partial charge in [-0.2, -0.15) is 0 Å². The summed E-state index contributed by atoms with van der Waals surface area (Å²) in [6.07, 6.45) is 4.15. The second kappa shape index (κ2) is 5.82. The number of hydrogen-bond acceptors (Lipinski definition) is 3. The Morgan fingerprint density at radius 3 is 2.82 bits per heavy atom. The topological polar surface area (TPSA) is 22.1 Å². The molecule has 0 aliphatic heterocycles. The highest BCUT2D eigenvalue weighted by Crippen LogP contribution is 2.34. The minimum absolute atomic E-state index is 0.783. The van der Waals surface area contributed by atoms with Gasteiger partial charge in [0.1, 0.15) is 5.75 Å². The zero-order valence-electron chi connectivity index (χ0n) is 10.3. The Labute approximate surface area is 106 Å². The van der Waals surface area contributed by atoms with Gasteiger partial charge >= 0.3 is 0 Å². The molecule has 1 heterocycles. The Balaban J connectivity index is 2.25. The molecule has 0 aliphatic carbocycles. The van der Waals surface area contributed by atoms with E-state index in [-0.39, 0.29) is 0 Å². The molecular formula is C14H17NOS. The summed E-state index contributed by atoms with van der Waals surface area (Å²) >= 11 is 1.53. The van der Waals surface area contributed by atoms with Crippen LogP contribution in [0.1, 0.15) is 25.3 Å². The zero-order chi connectivity index (χ0) is 12.1. The summed E-state index contributed by atoms with van der Waals surface area (Å²) in [5.74, 6) is 0.966. The van der Waals surface area contributed by atoms with Crippen LogP contribution < -0.4 is 4.74 Å². The lowest BCUT2D eigenvalue weighted by atomic mass is 10.1. The summed E-state index contributed by atoms with van der Waals surface area (Å²) in [5.41, 5.74) is 2.37. The van der Waals surface area contributed by atoms with E-state index in [1.165, 1.54) is 22.0 Å². The molecule has 1 aromatic carbocycles. The Morgan fingerprint density at radius 1 is 1.29 bits per heavy atom. The summed E-state index contributed by atoms with van der Waals surface area (Å²) in [7, 11) is 0. The van der Waals surface area contributed by atoms with Crippen LogP contribution in [0.2, 0.25) is 0 Å². The predicted molar refractivity (Wildman–Crippen MR) is 72.7 cm³/mol. The lowest BCUT2D eigenvalue weighted by molar-refractivity contribution is 0.310. The first-order valence-electron chi connectivity index (χ1n) is 5.96. The van der Waals surface area contributed by atoms with Gasteiger partial charge in [-0.1, -0.05) is 25.5 Å². The molecule has 0 radical (unpaired) electrons. The average molecular weight is 247 g/mol. The van der Waals surface area contributed by atoms with Gasteiger partial charge in [-0.25, -0.2) is 4.37 Å². The molecule has 0 unspecified atom stereocenters. The second-order valence-electron chi connectivity index (χ2n) is 4.04. The number of nitrogens with zero attached hydrogens (tertiary/aromatic N) is 1. The Kier molecular flexibility index (Phi) is 4.15. The van der Waals surface area contributed by atoms with Crippen LogP contribution in [-0.4, -0.2) is 11.0 Å². The van der Waals surface area contributed by atoms with E-state index in [1.54, 1.807) is 0 Å². The molecule has 2 aromatic rings. The molecule has 0 aliphatic rings. The van der Waals surface area contributed by atoms with Crippen LogP contribution in [-0.2, 0) is 0 Å². The highest BCUT2D eigenvalue weighted by Gasteiger charge is 2.10. The summed E-state index contributed by atoms with van der Waals surface area (Å²) in [4.78, 5) is 1.21. The maximum atomic E-state index is 5.84. The van der Waals surface area contributed by atoms with Crippen LogP contribution in [0.25, 0.3) is 10.4 Å². The molecule has 17 heavy (non-hydrogen) atoms. The van der Waals surface area contributed by atoms with E-state index in [1.807, 2.05) is 24.4 Å². The van der Waals surface area contributed by atoms with Gasteiger partial charge in [-0.15, -0.1) is 0 Å². The molecular weight excluding hydrogens is 230 g/mol. The van der Waals surface area contributed by atoms with Gasteiger partial charge in [0.05, 0.1) is 11.5 Å². The molecule has 0 N–H and O–H groups in total. The molecule has 0 amide bonds. The van der Waals surface area contributed by atoms with Crippen molar-refractivity contribution in [3.63, 3.8) is 0 Å². The van der Waals surface area contributed by atoms with E-state index in [2.05, 4.69) is 24.3 Å². The Hall–Kier alpha value is -1.35. The van der Waals surface area contributed by atoms with E-state index in [0.29, 0.717) is 0 Å². The van der Waals surface area contributed by atoms with Gasteiger partial charge in [0.25, 0.3) is 0 Å². The number of benzene rings is 1. The van der Waals surface area contributed by atoms with Gasteiger partial charge in [-0.3, -0.25) is 0 Å². The van der Waals surface area contributed by atoms with Crippen molar-refractivity contribution in [2.75, 3.05) is 6.61 Å². The van der Waals surface area contributed by atoms with Gasteiger partial charge in [0.2, 0.25) is 0 Å². The van der Waals surface area contributed by atoms with E-state index < -0.39 is 0 Å². The van der Waals surface area contributed by atoms with Crippen LogP contribution in [0.5, 0.6) is 5.75 Å². The first-order valence-corrected chi connectivity index (χ1v) is 6.73. The van der Waals surface area contributed by atoms with Crippen LogP contribution in [0, 0.1) is 6.92 Å². The normalized spacial score (nSPS) is 10.5. The zero-order valence-corrected chi connectivity index (χ0v) is 11.1. The van der Waals surface area contributed by atoms with Crippen molar-refractivity contribution in [1.82, 2.24) is 4.37 Å². The van der Waals surface area contributed by atoms with E-state index in [9.17, 15) is 0 Å². The van der Waals surface area contributed by atoms with Crippen LogP contribution in [0.3, 0.4) is 0 Å². The quantitative estimate of drug-likeness (QED) is 0.735. The minimum atomic E-state index is 0.783. The monoisotopic (exact) mass is 247 g/mol. The van der Waals surface area contributed by atoms with E-state index in [4.69, 9.17) is 4.74 Å². The fourth-order valence-electron chi connectivity index (χ4n) is 1.66. The maximum Gasteiger partial charge on any atom is 0.127 e. The third kappa shape index (κ3) is 2.86. The molecule has 0 fully saturated rings. The molecule has 2 rings (SSSR count). The summed E-state index contributed by atoms with van der Waals surface area (Å²) < 4.78 is 10.1. The Bertz CT molecular complexity index is 479. The largest absolute Gasteiger partial charge is 0.493 e. The number of unbranched alkanes of at least 4 members (excludes halogenated alkanes) is 1. The molecule has 0 spiro atoms. The van der Waals surface area contributed by atoms with Crippen molar-refractivity contribution < 1.29 is 4.74 Å². The van der Waals surface area contributed by atoms with Crippen molar-refractivity contribution >= 4 is 11.5 Å². The number of ether oxygens (including phenoxy) is 1. The number of aryl methyl sites for hydroxylation is 1. The van der Waals surface area contributed by atoms with Crippen molar-refractivity contribution in [2.24, 2.45) is 0 Å². The molecule has 3 heteroatoms. The molecule has 0 atom stereocenters. The third-order valence-corrected chi connectivity index (χ3v) is 3.57. The molecule has 0 saturated carbocycles. The SMILES string of the molecule is CCCCOc1ccccc1-c1sncc1C. The maximum absolute atomic E-state index is 5.84. The van der Waals surface area contributed by atoms with Crippen LogP contribution >= 0.6 is 11.5 Å². The molecule has 90 valence electrons. The van der Waals surface area contributed by atoms with Crippen LogP contribution in [0.15, 0.2) is 30.5 Å².